The minimum absolute atomic E-state index is 0.0282. The van der Waals surface area contributed by atoms with Gasteiger partial charge in [-0.05, 0) is 39.0 Å². The zero-order valence-electron chi connectivity index (χ0n) is 9.97. The van der Waals surface area contributed by atoms with Crippen molar-refractivity contribution in [1.29, 1.82) is 0 Å². The summed E-state index contributed by atoms with van der Waals surface area (Å²) in [6.07, 6.45) is 6.54. The highest BCUT2D eigenvalue weighted by atomic mass is 15.0. The molecule has 2 heteroatoms. The predicted molar refractivity (Wildman–Crippen MR) is 62.3 cm³/mol. The van der Waals surface area contributed by atoms with E-state index in [0.717, 1.165) is 12.5 Å². The fourth-order valence-electron chi connectivity index (χ4n) is 1.89. The van der Waals surface area contributed by atoms with Crippen LogP contribution in [0.25, 0.3) is 0 Å². The minimum Gasteiger partial charge on any atom is -0.324 e. The number of nitrogens with two attached hydrogens (primary N) is 1. The van der Waals surface area contributed by atoms with E-state index in [-0.39, 0.29) is 5.54 Å². The van der Waals surface area contributed by atoms with Crippen LogP contribution in [0.1, 0.15) is 52.9 Å². The van der Waals surface area contributed by atoms with Crippen LogP contribution in [0, 0.1) is 5.92 Å². The summed E-state index contributed by atoms with van der Waals surface area (Å²) in [4.78, 5) is 0. The summed E-state index contributed by atoms with van der Waals surface area (Å²) in [6, 6.07) is 0.622. The Kier molecular flexibility index (Phi) is 4.39. The van der Waals surface area contributed by atoms with Gasteiger partial charge in [0.05, 0.1) is 0 Å². The minimum atomic E-state index is 0.0282. The molecule has 1 fully saturated rings. The van der Waals surface area contributed by atoms with Crippen molar-refractivity contribution < 1.29 is 0 Å². The Bertz CT molecular complexity index is 162. The third-order valence-corrected chi connectivity index (χ3v) is 3.33. The van der Waals surface area contributed by atoms with E-state index in [0.29, 0.717) is 6.04 Å². The Morgan fingerprint density at radius 1 is 1.50 bits per heavy atom. The number of nitrogens with one attached hydrogen (secondary N) is 1. The molecule has 2 nitrogen and oxygen atoms in total. The molecule has 0 heterocycles. The van der Waals surface area contributed by atoms with Crippen molar-refractivity contribution in [2.45, 2.75) is 64.5 Å². The molecule has 0 aromatic carbocycles. The Labute approximate surface area is 88.6 Å². The van der Waals surface area contributed by atoms with E-state index in [1.807, 2.05) is 0 Å². The normalized spacial score (nSPS) is 23.1. The Morgan fingerprint density at radius 3 is 2.64 bits per heavy atom. The van der Waals surface area contributed by atoms with Gasteiger partial charge in [-0.1, -0.05) is 19.8 Å². The lowest BCUT2D eigenvalue weighted by Crippen LogP contribution is -2.50. The monoisotopic (exact) mass is 198 g/mol. The molecule has 1 aliphatic rings. The maximum atomic E-state index is 6.24. The van der Waals surface area contributed by atoms with Crippen molar-refractivity contribution in [3.63, 3.8) is 0 Å². The van der Waals surface area contributed by atoms with E-state index >= 15 is 0 Å². The van der Waals surface area contributed by atoms with Crippen LogP contribution in [0.3, 0.4) is 0 Å². The molecule has 1 aliphatic carbocycles. The Balaban J connectivity index is 2.11. The first-order valence-electron chi connectivity index (χ1n) is 6.08. The van der Waals surface area contributed by atoms with Gasteiger partial charge < -0.3 is 11.1 Å². The smallest absolute Gasteiger partial charge is 0.0280 e. The van der Waals surface area contributed by atoms with E-state index in [2.05, 4.69) is 26.1 Å². The third-order valence-electron chi connectivity index (χ3n) is 3.33. The molecule has 0 amide bonds. The van der Waals surface area contributed by atoms with Gasteiger partial charge in [0, 0.05) is 18.1 Å². The molecule has 0 radical (unpaired) electrons. The van der Waals surface area contributed by atoms with Crippen LogP contribution in [0.5, 0.6) is 0 Å². The summed E-state index contributed by atoms with van der Waals surface area (Å²) in [5.41, 5.74) is 6.26. The average Bonchev–Trinajstić information content (AvgIpc) is 2.94. The second-order valence-electron chi connectivity index (χ2n) is 5.20. The number of hydrogen-bond donors (Lipinski definition) is 2. The predicted octanol–water partition coefficient (Wildman–Crippen LogP) is 2.28. The lowest BCUT2D eigenvalue weighted by molar-refractivity contribution is 0.352. The van der Waals surface area contributed by atoms with Crippen LogP contribution in [0.15, 0.2) is 0 Å². The molecule has 3 N–H and O–H groups in total. The standard InChI is InChI=1S/C12H26N2/c1-4-5-6-10(2)14-9-12(3,13)11-7-8-11/h10-11,14H,4-9,13H2,1-3H3. The molecule has 14 heavy (non-hydrogen) atoms. The summed E-state index contributed by atoms with van der Waals surface area (Å²) >= 11 is 0. The summed E-state index contributed by atoms with van der Waals surface area (Å²) in [6.45, 7) is 7.66. The molecule has 0 spiro atoms. The van der Waals surface area contributed by atoms with Crippen LogP contribution in [-0.4, -0.2) is 18.1 Å². The SMILES string of the molecule is CCCCC(C)NCC(C)(N)C1CC1. The van der Waals surface area contributed by atoms with E-state index < -0.39 is 0 Å². The maximum absolute atomic E-state index is 6.24. The lowest BCUT2D eigenvalue weighted by atomic mass is 9.97. The van der Waals surface area contributed by atoms with E-state index in [4.69, 9.17) is 5.73 Å². The summed E-state index contributed by atoms with van der Waals surface area (Å²) in [5, 5.41) is 3.55. The highest BCUT2D eigenvalue weighted by Crippen LogP contribution is 2.37. The molecular formula is C12H26N2. The Hall–Kier alpha value is -0.0800. The van der Waals surface area contributed by atoms with Gasteiger partial charge in [0.2, 0.25) is 0 Å². The van der Waals surface area contributed by atoms with Crippen LogP contribution in [0.4, 0.5) is 0 Å². The number of hydrogen-bond acceptors (Lipinski definition) is 2. The topological polar surface area (TPSA) is 38.0 Å². The van der Waals surface area contributed by atoms with Crippen molar-refractivity contribution in [3.8, 4) is 0 Å². The van der Waals surface area contributed by atoms with Crippen molar-refractivity contribution in [2.75, 3.05) is 6.54 Å². The van der Waals surface area contributed by atoms with E-state index in [9.17, 15) is 0 Å². The highest BCUT2D eigenvalue weighted by Gasteiger charge is 2.38. The van der Waals surface area contributed by atoms with Crippen LogP contribution >= 0.6 is 0 Å². The van der Waals surface area contributed by atoms with Crippen molar-refractivity contribution >= 4 is 0 Å². The largest absolute Gasteiger partial charge is 0.324 e. The van der Waals surface area contributed by atoms with Crippen molar-refractivity contribution in [1.82, 2.24) is 5.32 Å². The molecule has 2 atom stereocenters. The highest BCUT2D eigenvalue weighted by molar-refractivity contribution is 4.96. The van der Waals surface area contributed by atoms with Gasteiger partial charge >= 0.3 is 0 Å². The van der Waals surface area contributed by atoms with E-state index in [1.54, 1.807) is 0 Å². The molecule has 0 aromatic rings. The molecule has 2 unspecified atom stereocenters. The first-order chi connectivity index (χ1) is 6.56. The summed E-state index contributed by atoms with van der Waals surface area (Å²) in [7, 11) is 0. The van der Waals surface area contributed by atoms with Gasteiger partial charge in [0.25, 0.3) is 0 Å². The first kappa shape index (κ1) is 12.0. The molecule has 1 saturated carbocycles. The first-order valence-corrected chi connectivity index (χ1v) is 6.08. The van der Waals surface area contributed by atoms with E-state index in [1.165, 1.54) is 32.1 Å². The van der Waals surface area contributed by atoms with Crippen molar-refractivity contribution in [3.05, 3.63) is 0 Å². The van der Waals surface area contributed by atoms with Crippen LogP contribution in [-0.2, 0) is 0 Å². The average molecular weight is 198 g/mol. The molecular weight excluding hydrogens is 172 g/mol. The number of rotatable bonds is 7. The van der Waals surface area contributed by atoms with Gasteiger partial charge in [0.1, 0.15) is 0 Å². The molecule has 84 valence electrons. The second kappa shape index (κ2) is 5.13. The summed E-state index contributed by atoms with van der Waals surface area (Å²) < 4.78 is 0. The fraction of sp³-hybridized carbons (Fsp3) is 1.00. The lowest BCUT2D eigenvalue weighted by Gasteiger charge is -2.27. The zero-order valence-corrected chi connectivity index (χ0v) is 9.97. The van der Waals surface area contributed by atoms with Crippen molar-refractivity contribution in [2.24, 2.45) is 11.7 Å². The molecule has 0 aliphatic heterocycles. The van der Waals surface area contributed by atoms with Crippen LogP contribution in [0.2, 0.25) is 0 Å². The molecule has 0 aromatic heterocycles. The molecule has 1 rings (SSSR count). The van der Waals surface area contributed by atoms with Gasteiger partial charge in [0.15, 0.2) is 0 Å². The van der Waals surface area contributed by atoms with Gasteiger partial charge in [-0.3, -0.25) is 0 Å². The fourth-order valence-corrected chi connectivity index (χ4v) is 1.89. The Morgan fingerprint density at radius 2 is 2.14 bits per heavy atom. The third kappa shape index (κ3) is 3.97. The second-order valence-corrected chi connectivity index (χ2v) is 5.20. The zero-order chi connectivity index (χ0) is 10.6. The maximum Gasteiger partial charge on any atom is 0.0280 e. The van der Waals surface area contributed by atoms with Gasteiger partial charge in [-0.15, -0.1) is 0 Å². The van der Waals surface area contributed by atoms with Gasteiger partial charge in [-0.2, -0.15) is 0 Å². The number of unbranched alkanes of at least 4 members (excludes halogenated alkanes) is 1. The quantitative estimate of drug-likeness (QED) is 0.658. The van der Waals surface area contributed by atoms with Crippen LogP contribution < -0.4 is 11.1 Å². The molecule has 0 saturated heterocycles. The van der Waals surface area contributed by atoms with Gasteiger partial charge in [-0.25, -0.2) is 0 Å². The molecule has 0 bridgehead atoms. The summed E-state index contributed by atoms with van der Waals surface area (Å²) in [5.74, 6) is 0.772.